The van der Waals surface area contributed by atoms with Gasteiger partial charge in [-0.3, -0.25) is 0 Å². The molecular weight excluding hydrogens is 215 g/mol. The molecule has 88 valence electrons. The fraction of sp³-hybridized carbons (Fsp3) is 0.214. The van der Waals surface area contributed by atoms with Gasteiger partial charge in [-0.2, -0.15) is 0 Å². The van der Waals surface area contributed by atoms with Crippen LogP contribution in [0.4, 0.5) is 10.2 Å². The van der Waals surface area contributed by atoms with Gasteiger partial charge in [0.1, 0.15) is 11.6 Å². The standard InChI is InChI=1S/C14H15FN2/c1-11-4-2-7-14(17-11)16-9-8-12-5-3-6-13(15)10-12/h2-7,10H,8-9H2,1H3,(H,16,17). The number of halogens is 1. The molecule has 1 N–H and O–H groups in total. The van der Waals surface area contributed by atoms with Crippen LogP contribution < -0.4 is 5.32 Å². The summed E-state index contributed by atoms with van der Waals surface area (Å²) in [6.45, 7) is 2.71. The normalized spacial score (nSPS) is 10.2. The van der Waals surface area contributed by atoms with Gasteiger partial charge in [-0.15, -0.1) is 0 Å². The second-order valence-corrected chi connectivity index (χ2v) is 3.97. The molecule has 1 heterocycles. The van der Waals surface area contributed by atoms with Gasteiger partial charge >= 0.3 is 0 Å². The third kappa shape index (κ3) is 3.55. The maximum absolute atomic E-state index is 12.9. The summed E-state index contributed by atoms with van der Waals surface area (Å²) in [6, 6.07) is 12.5. The number of anilines is 1. The summed E-state index contributed by atoms with van der Waals surface area (Å²) in [7, 11) is 0. The maximum Gasteiger partial charge on any atom is 0.126 e. The molecule has 0 saturated carbocycles. The van der Waals surface area contributed by atoms with Crippen molar-refractivity contribution in [1.82, 2.24) is 4.98 Å². The number of aryl methyl sites for hydroxylation is 1. The molecule has 1 aromatic carbocycles. The Labute approximate surface area is 101 Å². The van der Waals surface area contributed by atoms with Gasteiger partial charge in [0.05, 0.1) is 0 Å². The van der Waals surface area contributed by atoms with Gasteiger partial charge in [-0.25, -0.2) is 9.37 Å². The number of rotatable bonds is 4. The minimum atomic E-state index is -0.184. The molecule has 0 unspecified atom stereocenters. The number of benzene rings is 1. The molecule has 17 heavy (non-hydrogen) atoms. The Morgan fingerprint density at radius 1 is 1.18 bits per heavy atom. The van der Waals surface area contributed by atoms with E-state index in [1.165, 1.54) is 6.07 Å². The molecule has 0 saturated heterocycles. The lowest BCUT2D eigenvalue weighted by Gasteiger charge is -2.06. The highest BCUT2D eigenvalue weighted by molar-refractivity contribution is 5.35. The number of pyridine rings is 1. The molecule has 2 rings (SSSR count). The molecule has 2 nitrogen and oxygen atoms in total. The first-order valence-electron chi connectivity index (χ1n) is 5.66. The Morgan fingerprint density at radius 3 is 2.76 bits per heavy atom. The van der Waals surface area contributed by atoms with E-state index in [1.54, 1.807) is 12.1 Å². The number of nitrogens with one attached hydrogen (secondary N) is 1. The molecule has 0 aliphatic carbocycles. The van der Waals surface area contributed by atoms with Gasteiger partial charge in [-0.05, 0) is 43.2 Å². The molecule has 0 aliphatic rings. The van der Waals surface area contributed by atoms with E-state index in [-0.39, 0.29) is 5.82 Å². The Hall–Kier alpha value is -1.90. The molecule has 3 heteroatoms. The van der Waals surface area contributed by atoms with Crippen LogP contribution in [-0.4, -0.2) is 11.5 Å². The zero-order valence-corrected chi connectivity index (χ0v) is 9.78. The Morgan fingerprint density at radius 2 is 2.00 bits per heavy atom. The van der Waals surface area contributed by atoms with Crippen LogP contribution in [0, 0.1) is 12.7 Å². The second kappa shape index (κ2) is 5.43. The highest BCUT2D eigenvalue weighted by Gasteiger charge is 1.96. The van der Waals surface area contributed by atoms with Crippen LogP contribution in [0.3, 0.4) is 0 Å². The largest absolute Gasteiger partial charge is 0.370 e. The first-order valence-corrected chi connectivity index (χ1v) is 5.66. The predicted molar refractivity (Wildman–Crippen MR) is 67.6 cm³/mol. The summed E-state index contributed by atoms with van der Waals surface area (Å²) in [5, 5.41) is 3.22. The molecular formula is C14H15FN2. The third-order valence-corrected chi connectivity index (χ3v) is 2.50. The minimum Gasteiger partial charge on any atom is -0.370 e. The lowest BCUT2D eigenvalue weighted by molar-refractivity contribution is 0.625. The average Bonchev–Trinajstić information content (AvgIpc) is 2.29. The number of nitrogens with zero attached hydrogens (tertiary/aromatic N) is 1. The van der Waals surface area contributed by atoms with Crippen LogP contribution in [0.25, 0.3) is 0 Å². The highest BCUT2D eigenvalue weighted by Crippen LogP contribution is 2.06. The lowest BCUT2D eigenvalue weighted by Crippen LogP contribution is -2.06. The van der Waals surface area contributed by atoms with E-state index in [0.717, 1.165) is 30.0 Å². The van der Waals surface area contributed by atoms with Crippen LogP contribution in [0.5, 0.6) is 0 Å². The molecule has 0 fully saturated rings. The summed E-state index contributed by atoms with van der Waals surface area (Å²) in [6.07, 6.45) is 0.785. The quantitative estimate of drug-likeness (QED) is 0.872. The third-order valence-electron chi connectivity index (χ3n) is 2.50. The van der Waals surface area contributed by atoms with Gasteiger partial charge in [0.15, 0.2) is 0 Å². The highest BCUT2D eigenvalue weighted by atomic mass is 19.1. The Balaban J connectivity index is 1.87. The van der Waals surface area contributed by atoms with Crippen LogP contribution in [0.2, 0.25) is 0 Å². The van der Waals surface area contributed by atoms with Crippen molar-refractivity contribution < 1.29 is 4.39 Å². The Bertz CT molecular complexity index is 452. The summed E-state index contributed by atoms with van der Waals surface area (Å²) >= 11 is 0. The smallest absolute Gasteiger partial charge is 0.126 e. The fourth-order valence-electron chi connectivity index (χ4n) is 1.67. The average molecular weight is 230 g/mol. The van der Waals surface area contributed by atoms with Crippen LogP contribution in [0.1, 0.15) is 11.3 Å². The SMILES string of the molecule is Cc1cccc(NCCc2cccc(F)c2)n1. The van der Waals surface area contributed by atoms with Gasteiger partial charge in [-0.1, -0.05) is 18.2 Å². The van der Waals surface area contributed by atoms with E-state index in [0.29, 0.717) is 0 Å². The van der Waals surface area contributed by atoms with E-state index in [9.17, 15) is 4.39 Å². The van der Waals surface area contributed by atoms with Crippen LogP contribution in [0.15, 0.2) is 42.5 Å². The van der Waals surface area contributed by atoms with Crippen molar-refractivity contribution in [3.8, 4) is 0 Å². The molecule has 1 aromatic heterocycles. The van der Waals surface area contributed by atoms with E-state index >= 15 is 0 Å². The minimum absolute atomic E-state index is 0.184. The topological polar surface area (TPSA) is 24.9 Å². The van der Waals surface area contributed by atoms with Crippen LogP contribution in [-0.2, 0) is 6.42 Å². The van der Waals surface area contributed by atoms with E-state index < -0.39 is 0 Å². The van der Waals surface area contributed by atoms with Crippen molar-refractivity contribution in [3.63, 3.8) is 0 Å². The molecule has 0 amide bonds. The van der Waals surface area contributed by atoms with E-state index in [2.05, 4.69) is 10.3 Å². The van der Waals surface area contributed by atoms with Gasteiger partial charge in [0.2, 0.25) is 0 Å². The zero-order valence-electron chi connectivity index (χ0n) is 9.78. The first-order chi connectivity index (χ1) is 8.24. The first kappa shape index (κ1) is 11.6. The van der Waals surface area contributed by atoms with E-state index in [1.807, 2.05) is 31.2 Å². The molecule has 0 bridgehead atoms. The van der Waals surface area contributed by atoms with Gasteiger partial charge in [0.25, 0.3) is 0 Å². The van der Waals surface area contributed by atoms with Crippen molar-refractivity contribution in [1.29, 1.82) is 0 Å². The monoisotopic (exact) mass is 230 g/mol. The lowest BCUT2D eigenvalue weighted by atomic mass is 10.1. The second-order valence-electron chi connectivity index (χ2n) is 3.97. The van der Waals surface area contributed by atoms with Crippen molar-refractivity contribution in [2.45, 2.75) is 13.3 Å². The van der Waals surface area contributed by atoms with Crippen LogP contribution >= 0.6 is 0 Å². The van der Waals surface area contributed by atoms with Gasteiger partial charge in [0, 0.05) is 12.2 Å². The summed E-state index contributed by atoms with van der Waals surface area (Å²) in [4.78, 5) is 4.34. The van der Waals surface area contributed by atoms with Crippen molar-refractivity contribution in [2.75, 3.05) is 11.9 Å². The van der Waals surface area contributed by atoms with Crippen molar-refractivity contribution >= 4 is 5.82 Å². The zero-order chi connectivity index (χ0) is 12.1. The van der Waals surface area contributed by atoms with Crippen molar-refractivity contribution in [2.24, 2.45) is 0 Å². The molecule has 0 spiro atoms. The maximum atomic E-state index is 12.9. The molecule has 0 radical (unpaired) electrons. The number of hydrogen-bond donors (Lipinski definition) is 1. The predicted octanol–water partition coefficient (Wildman–Crippen LogP) is 3.18. The Kier molecular flexibility index (Phi) is 3.70. The number of aromatic nitrogens is 1. The summed E-state index contributed by atoms with van der Waals surface area (Å²) in [5.41, 5.74) is 1.98. The van der Waals surface area contributed by atoms with E-state index in [4.69, 9.17) is 0 Å². The van der Waals surface area contributed by atoms with Gasteiger partial charge < -0.3 is 5.32 Å². The molecule has 0 aliphatic heterocycles. The summed E-state index contributed by atoms with van der Waals surface area (Å²) < 4.78 is 12.9. The van der Waals surface area contributed by atoms with Crippen molar-refractivity contribution in [3.05, 3.63) is 59.5 Å². The fourth-order valence-corrected chi connectivity index (χ4v) is 1.67. The summed E-state index contributed by atoms with van der Waals surface area (Å²) in [5.74, 6) is 0.678. The molecule has 2 aromatic rings. The number of hydrogen-bond acceptors (Lipinski definition) is 2. The molecule has 0 atom stereocenters.